The molecule has 0 aliphatic heterocycles. The lowest BCUT2D eigenvalue weighted by Gasteiger charge is -2.08. The molecule has 0 bridgehead atoms. The number of nitrogens with one attached hydrogen (secondary N) is 1. The Morgan fingerprint density at radius 3 is 2.39 bits per heavy atom. The van der Waals surface area contributed by atoms with Gasteiger partial charge in [0.2, 0.25) is 0 Å². The molecule has 0 spiro atoms. The van der Waals surface area contributed by atoms with Gasteiger partial charge in [0.1, 0.15) is 12.4 Å². The fraction of sp³-hybridized carbons (Fsp3) is 0.0667. The van der Waals surface area contributed by atoms with E-state index in [1.807, 2.05) is 0 Å². The van der Waals surface area contributed by atoms with Gasteiger partial charge in [0.05, 0.1) is 5.02 Å². The molecule has 2 rings (SSSR count). The second-order valence-electron chi connectivity index (χ2n) is 4.41. The number of carbonyl (C=O) groups excluding carboxylic acids is 1. The van der Waals surface area contributed by atoms with Crippen molar-refractivity contribution in [3.8, 4) is 5.75 Å². The third kappa shape index (κ3) is 5.32. The topological polar surface area (TPSA) is 76.7 Å². The van der Waals surface area contributed by atoms with E-state index in [9.17, 15) is 4.79 Å². The lowest BCUT2D eigenvalue weighted by Crippen LogP contribution is -2.27. The van der Waals surface area contributed by atoms with Crippen LogP contribution < -0.4 is 15.9 Å². The number of rotatable bonds is 5. The Morgan fingerprint density at radius 1 is 1.09 bits per heavy atom. The quantitative estimate of drug-likeness (QED) is 0.477. The molecule has 2 aromatic rings. The Labute approximate surface area is 148 Å². The summed E-state index contributed by atoms with van der Waals surface area (Å²) < 4.78 is 5.39. The average molecular weight is 373 g/mol. The summed E-state index contributed by atoms with van der Waals surface area (Å²) in [6.07, 6.45) is 0. The Balaban J connectivity index is 1.90. The van der Waals surface area contributed by atoms with E-state index in [1.165, 1.54) is 0 Å². The van der Waals surface area contributed by atoms with Gasteiger partial charge in [0, 0.05) is 15.6 Å². The van der Waals surface area contributed by atoms with Crippen LogP contribution in [0.2, 0.25) is 15.1 Å². The lowest BCUT2D eigenvalue weighted by atomic mass is 10.2. The van der Waals surface area contributed by atoms with Gasteiger partial charge in [0.15, 0.2) is 5.84 Å². The van der Waals surface area contributed by atoms with Gasteiger partial charge in [-0.3, -0.25) is 4.79 Å². The molecule has 0 radical (unpaired) electrons. The number of benzene rings is 2. The maximum atomic E-state index is 11.8. The first-order valence-corrected chi connectivity index (χ1v) is 7.55. The maximum Gasteiger partial charge on any atom is 0.271 e. The van der Waals surface area contributed by atoms with Crippen LogP contribution in [0.5, 0.6) is 5.75 Å². The smallest absolute Gasteiger partial charge is 0.271 e. The van der Waals surface area contributed by atoms with Gasteiger partial charge in [-0.15, -0.1) is 0 Å². The van der Waals surface area contributed by atoms with Crippen molar-refractivity contribution in [2.75, 3.05) is 6.61 Å². The Morgan fingerprint density at radius 2 is 1.74 bits per heavy atom. The number of hydrogen-bond donors (Lipinski definition) is 2. The van der Waals surface area contributed by atoms with E-state index in [2.05, 4.69) is 10.5 Å². The zero-order valence-corrected chi connectivity index (χ0v) is 14.0. The van der Waals surface area contributed by atoms with E-state index in [-0.39, 0.29) is 12.4 Å². The van der Waals surface area contributed by atoms with Gasteiger partial charge in [-0.25, -0.2) is 5.43 Å². The number of nitrogens with two attached hydrogens (primary N) is 1. The minimum absolute atomic E-state index is 0.0394. The number of ether oxygens (including phenoxy) is 1. The van der Waals surface area contributed by atoms with Gasteiger partial charge in [-0.1, -0.05) is 34.8 Å². The van der Waals surface area contributed by atoms with Crippen LogP contribution in [0.1, 0.15) is 10.4 Å². The summed E-state index contributed by atoms with van der Waals surface area (Å²) in [5, 5.41) is 5.15. The van der Waals surface area contributed by atoms with Crippen LogP contribution >= 0.6 is 34.8 Å². The van der Waals surface area contributed by atoms with Crippen LogP contribution in [0, 0.1) is 0 Å². The van der Waals surface area contributed by atoms with Gasteiger partial charge >= 0.3 is 0 Å². The summed E-state index contributed by atoms with van der Waals surface area (Å²) in [4.78, 5) is 11.8. The number of nitrogens with zero attached hydrogens (tertiary/aromatic N) is 1. The highest BCUT2D eigenvalue weighted by molar-refractivity contribution is 6.35. The molecule has 23 heavy (non-hydrogen) atoms. The molecule has 0 aliphatic carbocycles. The molecule has 3 N–H and O–H groups in total. The highest BCUT2D eigenvalue weighted by atomic mass is 35.5. The number of amides is 1. The van der Waals surface area contributed by atoms with Gasteiger partial charge in [-0.2, -0.15) is 5.10 Å². The molecule has 0 atom stereocenters. The van der Waals surface area contributed by atoms with Crippen molar-refractivity contribution in [3.63, 3.8) is 0 Å². The third-order valence-electron chi connectivity index (χ3n) is 2.68. The third-order valence-corrected chi connectivity index (χ3v) is 3.46. The average Bonchev–Trinajstić information content (AvgIpc) is 2.52. The molecule has 0 aromatic heterocycles. The standard InChI is InChI=1S/C15H12Cl3N3O2/c16-10-3-1-9(2-4-10)15(22)21-20-14(19)8-23-13-6-5-11(17)7-12(13)18/h1-7H,8H2,(H2,19,20)(H,21,22). The van der Waals surface area contributed by atoms with E-state index in [1.54, 1.807) is 42.5 Å². The van der Waals surface area contributed by atoms with Crippen molar-refractivity contribution in [2.45, 2.75) is 0 Å². The van der Waals surface area contributed by atoms with Crippen LogP contribution in [-0.4, -0.2) is 18.3 Å². The molecule has 0 aliphatic rings. The molecule has 1 amide bonds. The Kier molecular flexibility index (Phi) is 6.10. The highest BCUT2D eigenvalue weighted by Crippen LogP contribution is 2.27. The molecule has 2 aromatic carbocycles. The van der Waals surface area contributed by atoms with E-state index < -0.39 is 5.91 Å². The van der Waals surface area contributed by atoms with E-state index >= 15 is 0 Å². The predicted octanol–water partition coefficient (Wildman–Crippen LogP) is 3.73. The van der Waals surface area contributed by atoms with E-state index in [0.717, 1.165) is 0 Å². The van der Waals surface area contributed by atoms with E-state index in [0.29, 0.717) is 26.4 Å². The number of hydrazone groups is 1. The number of halogens is 3. The summed E-state index contributed by atoms with van der Waals surface area (Å²) >= 11 is 17.5. The minimum Gasteiger partial charge on any atom is -0.484 e. The van der Waals surface area contributed by atoms with Crippen molar-refractivity contribution in [1.82, 2.24) is 5.43 Å². The fourth-order valence-corrected chi connectivity index (χ4v) is 2.15. The molecule has 0 saturated heterocycles. The summed E-state index contributed by atoms with van der Waals surface area (Å²) in [7, 11) is 0. The minimum atomic E-state index is -0.408. The molecule has 0 heterocycles. The number of hydrogen-bond acceptors (Lipinski definition) is 3. The first-order valence-electron chi connectivity index (χ1n) is 6.41. The maximum absolute atomic E-state index is 11.8. The number of amidine groups is 1. The molecular weight excluding hydrogens is 361 g/mol. The van der Waals surface area contributed by atoms with Crippen LogP contribution in [0.3, 0.4) is 0 Å². The van der Waals surface area contributed by atoms with Crippen molar-refractivity contribution in [3.05, 3.63) is 63.1 Å². The first-order chi connectivity index (χ1) is 11.0. The molecule has 0 saturated carbocycles. The van der Waals surface area contributed by atoms with Crippen LogP contribution in [-0.2, 0) is 0 Å². The van der Waals surface area contributed by atoms with Crippen molar-refractivity contribution in [1.29, 1.82) is 0 Å². The SMILES string of the molecule is N/C(COc1ccc(Cl)cc1Cl)=N/NC(=O)c1ccc(Cl)cc1. The van der Waals surface area contributed by atoms with E-state index in [4.69, 9.17) is 45.3 Å². The summed E-state index contributed by atoms with van der Waals surface area (Å²) in [5.74, 6) is 0.0886. The van der Waals surface area contributed by atoms with Crippen molar-refractivity contribution in [2.24, 2.45) is 10.8 Å². The van der Waals surface area contributed by atoms with Gasteiger partial charge in [0.25, 0.3) is 5.91 Å². The summed E-state index contributed by atoms with van der Waals surface area (Å²) in [6.45, 7) is -0.0394. The fourth-order valence-electron chi connectivity index (χ4n) is 1.56. The number of carbonyl (C=O) groups is 1. The Bertz CT molecular complexity index is 733. The summed E-state index contributed by atoms with van der Waals surface area (Å²) in [6, 6.07) is 11.2. The monoisotopic (exact) mass is 371 g/mol. The first kappa shape index (κ1) is 17.4. The Hall–Kier alpha value is -1.95. The molecule has 0 unspecified atom stereocenters. The van der Waals surface area contributed by atoms with Crippen LogP contribution in [0.4, 0.5) is 0 Å². The van der Waals surface area contributed by atoms with Gasteiger partial charge in [-0.05, 0) is 42.5 Å². The largest absolute Gasteiger partial charge is 0.484 e. The lowest BCUT2D eigenvalue weighted by molar-refractivity contribution is 0.0954. The predicted molar refractivity (Wildman–Crippen MR) is 92.5 cm³/mol. The van der Waals surface area contributed by atoms with Crippen molar-refractivity contribution < 1.29 is 9.53 Å². The summed E-state index contributed by atoms with van der Waals surface area (Å²) in [5.41, 5.74) is 8.41. The molecule has 120 valence electrons. The molecular formula is C15H12Cl3N3O2. The second kappa shape index (κ2) is 8.06. The van der Waals surface area contributed by atoms with Crippen LogP contribution in [0.25, 0.3) is 0 Å². The zero-order chi connectivity index (χ0) is 16.8. The molecule has 8 heteroatoms. The van der Waals surface area contributed by atoms with Gasteiger partial charge < -0.3 is 10.5 Å². The zero-order valence-electron chi connectivity index (χ0n) is 11.7. The van der Waals surface area contributed by atoms with Crippen molar-refractivity contribution >= 4 is 46.5 Å². The van der Waals surface area contributed by atoms with Crippen LogP contribution in [0.15, 0.2) is 47.6 Å². The normalized spacial score (nSPS) is 11.2. The second-order valence-corrected chi connectivity index (χ2v) is 5.69. The molecule has 5 nitrogen and oxygen atoms in total. The molecule has 0 fully saturated rings. The highest BCUT2D eigenvalue weighted by Gasteiger charge is 2.06.